The summed E-state index contributed by atoms with van der Waals surface area (Å²) in [7, 11) is 4.99. The van der Waals surface area contributed by atoms with E-state index in [1.165, 1.54) is 0 Å². The molecule has 1 heterocycles. The van der Waals surface area contributed by atoms with E-state index in [2.05, 4.69) is 0 Å². The Labute approximate surface area is 179 Å². The third-order valence-corrected chi connectivity index (χ3v) is 5.28. The monoisotopic (exact) mass is 427 g/mol. The molecule has 0 bridgehead atoms. The topological polar surface area (TPSA) is 85.1 Å². The molecule has 0 aliphatic carbocycles. The molecule has 1 saturated heterocycles. The molecule has 1 fully saturated rings. The summed E-state index contributed by atoms with van der Waals surface area (Å²) in [6.07, 6.45) is 0.973. The third-order valence-electron chi connectivity index (χ3n) is 5.28. The van der Waals surface area contributed by atoms with Gasteiger partial charge in [-0.25, -0.2) is 0 Å². The first kappa shape index (κ1) is 25.0. The lowest BCUT2D eigenvalue weighted by Gasteiger charge is -2.30. The normalized spacial score (nSPS) is 16.4. The summed E-state index contributed by atoms with van der Waals surface area (Å²) >= 11 is 0. The molecular formula is C21H34ClN3O4. The SMILES string of the molecule is COc1ccc(CCN2CC(C(=O)N(C)CC(C)(C)CN)CC2=O)cc1OC.Cl. The summed E-state index contributed by atoms with van der Waals surface area (Å²) < 4.78 is 10.6. The van der Waals surface area contributed by atoms with Gasteiger partial charge in [0.2, 0.25) is 11.8 Å². The minimum atomic E-state index is -0.281. The highest BCUT2D eigenvalue weighted by Crippen LogP contribution is 2.28. The summed E-state index contributed by atoms with van der Waals surface area (Å²) in [5.74, 6) is 1.12. The number of carbonyl (C=O) groups is 2. The number of hydrogen-bond donors (Lipinski definition) is 1. The second-order valence-electron chi connectivity index (χ2n) is 8.24. The van der Waals surface area contributed by atoms with E-state index in [1.807, 2.05) is 32.0 Å². The van der Waals surface area contributed by atoms with E-state index in [9.17, 15) is 9.59 Å². The highest BCUT2D eigenvalue weighted by atomic mass is 35.5. The zero-order chi connectivity index (χ0) is 20.9. The van der Waals surface area contributed by atoms with Crippen LogP contribution in [0.4, 0.5) is 0 Å². The molecule has 0 radical (unpaired) electrons. The van der Waals surface area contributed by atoms with Crippen molar-refractivity contribution in [3.63, 3.8) is 0 Å². The van der Waals surface area contributed by atoms with Crippen LogP contribution in [-0.4, -0.2) is 69.1 Å². The summed E-state index contributed by atoms with van der Waals surface area (Å²) in [5.41, 5.74) is 6.69. The number of halogens is 1. The van der Waals surface area contributed by atoms with E-state index in [0.29, 0.717) is 44.1 Å². The Morgan fingerprint density at radius 3 is 2.52 bits per heavy atom. The molecule has 8 heteroatoms. The predicted octanol–water partition coefficient (Wildman–Crippen LogP) is 1.96. The molecule has 2 rings (SSSR count). The zero-order valence-corrected chi connectivity index (χ0v) is 18.9. The maximum absolute atomic E-state index is 12.7. The van der Waals surface area contributed by atoms with Crippen LogP contribution >= 0.6 is 12.4 Å². The zero-order valence-electron chi connectivity index (χ0n) is 18.1. The minimum absolute atomic E-state index is 0. The lowest BCUT2D eigenvalue weighted by molar-refractivity contribution is -0.135. The molecule has 0 saturated carbocycles. The van der Waals surface area contributed by atoms with Gasteiger partial charge in [0.05, 0.1) is 20.1 Å². The van der Waals surface area contributed by atoms with Crippen molar-refractivity contribution in [2.24, 2.45) is 17.1 Å². The van der Waals surface area contributed by atoms with Crippen molar-refractivity contribution >= 4 is 24.2 Å². The largest absolute Gasteiger partial charge is 0.493 e. The summed E-state index contributed by atoms with van der Waals surface area (Å²) in [6.45, 7) is 6.21. The van der Waals surface area contributed by atoms with Crippen molar-refractivity contribution in [1.82, 2.24) is 9.80 Å². The molecule has 7 nitrogen and oxygen atoms in total. The van der Waals surface area contributed by atoms with Gasteiger partial charge in [-0.15, -0.1) is 12.4 Å². The van der Waals surface area contributed by atoms with Crippen LogP contribution in [0.25, 0.3) is 0 Å². The van der Waals surface area contributed by atoms with Crippen molar-refractivity contribution in [2.75, 3.05) is 47.4 Å². The first-order valence-electron chi connectivity index (χ1n) is 9.64. The van der Waals surface area contributed by atoms with E-state index < -0.39 is 0 Å². The van der Waals surface area contributed by atoms with Crippen molar-refractivity contribution in [2.45, 2.75) is 26.7 Å². The van der Waals surface area contributed by atoms with Gasteiger partial charge in [0.25, 0.3) is 0 Å². The fourth-order valence-electron chi connectivity index (χ4n) is 3.55. The Morgan fingerprint density at radius 2 is 1.93 bits per heavy atom. The van der Waals surface area contributed by atoms with Gasteiger partial charge >= 0.3 is 0 Å². The molecule has 29 heavy (non-hydrogen) atoms. The van der Waals surface area contributed by atoms with Crippen molar-refractivity contribution < 1.29 is 19.1 Å². The fourth-order valence-corrected chi connectivity index (χ4v) is 3.55. The molecule has 1 aliphatic heterocycles. The number of rotatable bonds is 9. The van der Waals surface area contributed by atoms with Gasteiger partial charge in [-0.05, 0) is 36.1 Å². The minimum Gasteiger partial charge on any atom is -0.493 e. The lowest BCUT2D eigenvalue weighted by Crippen LogP contribution is -2.42. The van der Waals surface area contributed by atoms with Crippen LogP contribution in [-0.2, 0) is 16.0 Å². The Morgan fingerprint density at radius 1 is 1.28 bits per heavy atom. The van der Waals surface area contributed by atoms with Crippen LogP contribution in [0.15, 0.2) is 18.2 Å². The number of carbonyl (C=O) groups excluding carboxylic acids is 2. The highest BCUT2D eigenvalue weighted by Gasteiger charge is 2.36. The molecule has 1 unspecified atom stereocenters. The maximum atomic E-state index is 12.7. The van der Waals surface area contributed by atoms with Gasteiger partial charge in [-0.2, -0.15) is 0 Å². The highest BCUT2D eigenvalue weighted by molar-refractivity contribution is 5.89. The molecule has 1 aromatic carbocycles. The third kappa shape index (κ3) is 6.51. The molecule has 0 spiro atoms. The molecule has 1 aromatic rings. The number of ether oxygens (including phenoxy) is 2. The molecule has 1 aliphatic rings. The van der Waals surface area contributed by atoms with Crippen molar-refractivity contribution in [1.29, 1.82) is 0 Å². The smallest absolute Gasteiger partial charge is 0.227 e. The molecule has 2 N–H and O–H groups in total. The quantitative estimate of drug-likeness (QED) is 0.651. The average Bonchev–Trinajstić information content (AvgIpc) is 3.05. The van der Waals surface area contributed by atoms with Gasteiger partial charge < -0.3 is 25.0 Å². The van der Waals surface area contributed by atoms with Crippen LogP contribution in [0, 0.1) is 11.3 Å². The van der Waals surface area contributed by atoms with Gasteiger partial charge in [0.1, 0.15) is 0 Å². The Balaban J connectivity index is 0.00000420. The molecular weight excluding hydrogens is 394 g/mol. The Hall–Kier alpha value is -1.99. The van der Waals surface area contributed by atoms with E-state index in [0.717, 1.165) is 5.56 Å². The van der Waals surface area contributed by atoms with E-state index in [-0.39, 0.29) is 42.0 Å². The number of likely N-dealkylation sites (tertiary alicyclic amines) is 1. The van der Waals surface area contributed by atoms with Crippen LogP contribution in [0.2, 0.25) is 0 Å². The summed E-state index contributed by atoms with van der Waals surface area (Å²) in [6, 6.07) is 5.75. The molecule has 1 atom stereocenters. The van der Waals surface area contributed by atoms with Crippen molar-refractivity contribution in [3.8, 4) is 11.5 Å². The van der Waals surface area contributed by atoms with E-state index >= 15 is 0 Å². The summed E-state index contributed by atoms with van der Waals surface area (Å²) in [4.78, 5) is 28.6. The number of hydrogen-bond acceptors (Lipinski definition) is 5. The number of methoxy groups -OCH3 is 2. The number of nitrogens with zero attached hydrogens (tertiary/aromatic N) is 2. The van der Waals surface area contributed by atoms with Crippen LogP contribution in [0.5, 0.6) is 11.5 Å². The van der Waals surface area contributed by atoms with E-state index in [1.54, 1.807) is 31.1 Å². The number of benzene rings is 1. The van der Waals surface area contributed by atoms with E-state index in [4.69, 9.17) is 15.2 Å². The molecule has 2 amide bonds. The standard InChI is InChI=1S/C21H33N3O4.ClH/c1-21(2,13-22)14-23(3)20(26)16-11-19(25)24(12-16)9-8-15-6-7-17(27-4)18(10-15)28-5;/h6-7,10,16H,8-9,11-14,22H2,1-5H3;1H. The first-order chi connectivity index (χ1) is 13.2. The predicted molar refractivity (Wildman–Crippen MR) is 116 cm³/mol. The van der Waals surface area contributed by atoms with Gasteiger partial charge in [0.15, 0.2) is 11.5 Å². The Bertz CT molecular complexity index is 711. The fraction of sp³-hybridized carbons (Fsp3) is 0.619. The number of amides is 2. The average molecular weight is 428 g/mol. The lowest BCUT2D eigenvalue weighted by atomic mass is 9.92. The Kier molecular flexibility index (Phi) is 9.23. The maximum Gasteiger partial charge on any atom is 0.227 e. The van der Waals surface area contributed by atoms with Crippen LogP contribution in [0.3, 0.4) is 0 Å². The van der Waals surface area contributed by atoms with Gasteiger partial charge in [0, 0.05) is 33.1 Å². The molecule has 164 valence electrons. The van der Waals surface area contributed by atoms with Crippen LogP contribution in [0.1, 0.15) is 25.8 Å². The summed E-state index contributed by atoms with van der Waals surface area (Å²) in [5, 5.41) is 0. The molecule has 0 aromatic heterocycles. The second kappa shape index (κ2) is 10.7. The van der Waals surface area contributed by atoms with Crippen LogP contribution < -0.4 is 15.2 Å². The van der Waals surface area contributed by atoms with Crippen molar-refractivity contribution in [3.05, 3.63) is 23.8 Å². The second-order valence-corrected chi connectivity index (χ2v) is 8.24. The van der Waals surface area contributed by atoms with Gasteiger partial charge in [-0.1, -0.05) is 19.9 Å². The van der Waals surface area contributed by atoms with Gasteiger partial charge in [-0.3, -0.25) is 9.59 Å². The number of nitrogens with two attached hydrogens (primary N) is 1. The first-order valence-corrected chi connectivity index (χ1v) is 9.64.